The number of hydrogen-bond acceptors (Lipinski definition) is 6. The Labute approximate surface area is 142 Å². The second-order valence-corrected chi connectivity index (χ2v) is 6.20. The van der Waals surface area contributed by atoms with Crippen molar-refractivity contribution < 1.29 is 18.3 Å². The summed E-state index contributed by atoms with van der Waals surface area (Å²) in [5, 5.41) is 17.5. The van der Waals surface area contributed by atoms with E-state index in [0.29, 0.717) is 32.4 Å². The van der Waals surface area contributed by atoms with Crippen molar-refractivity contribution in [2.75, 3.05) is 18.0 Å². The van der Waals surface area contributed by atoms with Crippen molar-refractivity contribution in [3.8, 4) is 0 Å². The van der Waals surface area contributed by atoms with Gasteiger partial charge in [0.05, 0.1) is 17.8 Å². The van der Waals surface area contributed by atoms with E-state index in [1.165, 1.54) is 0 Å². The molecule has 1 atom stereocenters. The van der Waals surface area contributed by atoms with Gasteiger partial charge in [0.1, 0.15) is 5.69 Å². The minimum atomic E-state index is -4.48. The SMILES string of the molecule is C[C@@H](O)Cc1cn(C2CCN(c3nccc(C(F)(F)F)n3)CC2)nn1. The maximum absolute atomic E-state index is 12.8. The highest BCUT2D eigenvalue weighted by molar-refractivity contribution is 5.31. The highest BCUT2D eigenvalue weighted by atomic mass is 19.4. The fourth-order valence-electron chi connectivity index (χ4n) is 2.88. The van der Waals surface area contributed by atoms with Crippen LogP contribution in [0.5, 0.6) is 0 Å². The molecule has 7 nitrogen and oxygen atoms in total. The molecule has 1 aliphatic rings. The van der Waals surface area contributed by atoms with Gasteiger partial charge in [-0.05, 0) is 25.8 Å². The van der Waals surface area contributed by atoms with Gasteiger partial charge in [0.25, 0.3) is 0 Å². The van der Waals surface area contributed by atoms with Crippen LogP contribution in [0.3, 0.4) is 0 Å². The van der Waals surface area contributed by atoms with Crippen molar-refractivity contribution in [2.45, 2.75) is 44.5 Å². The first-order valence-electron chi connectivity index (χ1n) is 8.07. The zero-order valence-corrected chi connectivity index (χ0v) is 13.7. The van der Waals surface area contributed by atoms with Crippen LogP contribution in [0.2, 0.25) is 0 Å². The van der Waals surface area contributed by atoms with Crippen LogP contribution < -0.4 is 4.90 Å². The number of anilines is 1. The van der Waals surface area contributed by atoms with Crippen molar-refractivity contribution in [1.82, 2.24) is 25.0 Å². The van der Waals surface area contributed by atoms with Gasteiger partial charge < -0.3 is 10.0 Å². The molecule has 3 rings (SSSR count). The smallest absolute Gasteiger partial charge is 0.393 e. The highest BCUT2D eigenvalue weighted by Crippen LogP contribution is 2.29. The van der Waals surface area contributed by atoms with Crippen LogP contribution in [0.1, 0.15) is 37.2 Å². The Morgan fingerprint density at radius 3 is 2.68 bits per heavy atom. The third-order valence-corrected chi connectivity index (χ3v) is 4.12. The summed E-state index contributed by atoms with van der Waals surface area (Å²) < 4.78 is 40.1. The van der Waals surface area contributed by atoms with E-state index in [9.17, 15) is 18.3 Å². The van der Waals surface area contributed by atoms with Gasteiger partial charge in [-0.3, -0.25) is 0 Å². The van der Waals surface area contributed by atoms with E-state index in [1.54, 1.807) is 16.5 Å². The molecule has 2 aromatic heterocycles. The summed E-state index contributed by atoms with van der Waals surface area (Å²) in [5.74, 6) is 0.0988. The van der Waals surface area contributed by atoms with Crippen molar-refractivity contribution in [3.63, 3.8) is 0 Å². The summed E-state index contributed by atoms with van der Waals surface area (Å²) in [6.07, 6.45) is -0.155. The lowest BCUT2D eigenvalue weighted by Gasteiger charge is -2.31. The molecule has 1 N–H and O–H groups in total. The van der Waals surface area contributed by atoms with E-state index in [2.05, 4.69) is 20.3 Å². The maximum Gasteiger partial charge on any atom is 0.433 e. The quantitative estimate of drug-likeness (QED) is 0.901. The normalized spacial score (nSPS) is 17.7. The second kappa shape index (κ2) is 6.95. The molecule has 136 valence electrons. The van der Waals surface area contributed by atoms with E-state index < -0.39 is 18.0 Å². The fourth-order valence-corrected chi connectivity index (χ4v) is 2.88. The molecule has 10 heteroatoms. The molecule has 3 heterocycles. The molecule has 0 bridgehead atoms. The summed E-state index contributed by atoms with van der Waals surface area (Å²) in [6.45, 7) is 2.77. The second-order valence-electron chi connectivity index (χ2n) is 6.20. The number of piperidine rings is 1. The maximum atomic E-state index is 12.8. The average Bonchev–Trinajstić information content (AvgIpc) is 3.02. The number of alkyl halides is 3. The number of hydrogen-bond donors (Lipinski definition) is 1. The number of rotatable bonds is 4. The summed E-state index contributed by atoms with van der Waals surface area (Å²) in [5.41, 5.74) is -0.211. The first-order valence-corrected chi connectivity index (χ1v) is 8.07. The van der Waals surface area contributed by atoms with Gasteiger partial charge in [-0.25, -0.2) is 14.6 Å². The predicted molar refractivity (Wildman–Crippen MR) is 82.9 cm³/mol. The summed E-state index contributed by atoms with van der Waals surface area (Å²) >= 11 is 0. The molecule has 0 radical (unpaired) electrons. The number of aliphatic hydroxyl groups excluding tert-OH is 1. The van der Waals surface area contributed by atoms with Gasteiger partial charge in [0.2, 0.25) is 5.95 Å². The largest absolute Gasteiger partial charge is 0.433 e. The monoisotopic (exact) mass is 356 g/mol. The van der Waals surface area contributed by atoms with E-state index in [-0.39, 0.29) is 12.0 Å². The van der Waals surface area contributed by atoms with E-state index >= 15 is 0 Å². The Hall–Kier alpha value is -2.23. The van der Waals surface area contributed by atoms with Gasteiger partial charge >= 0.3 is 6.18 Å². The third-order valence-electron chi connectivity index (χ3n) is 4.12. The van der Waals surface area contributed by atoms with Crippen LogP contribution >= 0.6 is 0 Å². The van der Waals surface area contributed by atoms with Gasteiger partial charge in [0, 0.05) is 31.9 Å². The summed E-state index contributed by atoms with van der Waals surface area (Å²) in [4.78, 5) is 9.34. The molecule has 25 heavy (non-hydrogen) atoms. The number of halogens is 3. The minimum absolute atomic E-state index is 0.0988. The van der Waals surface area contributed by atoms with Gasteiger partial charge in [-0.1, -0.05) is 5.21 Å². The molecule has 0 aliphatic carbocycles. The lowest BCUT2D eigenvalue weighted by atomic mass is 10.1. The Bertz CT molecular complexity index is 709. The van der Waals surface area contributed by atoms with Gasteiger partial charge in [-0.15, -0.1) is 5.10 Å². The molecule has 0 spiro atoms. The Morgan fingerprint density at radius 2 is 2.04 bits per heavy atom. The fraction of sp³-hybridized carbons (Fsp3) is 0.600. The molecule has 0 amide bonds. The molecule has 0 unspecified atom stereocenters. The van der Waals surface area contributed by atoms with Gasteiger partial charge in [-0.2, -0.15) is 13.2 Å². The lowest BCUT2D eigenvalue weighted by molar-refractivity contribution is -0.141. The van der Waals surface area contributed by atoms with Crippen LogP contribution in [0.15, 0.2) is 18.5 Å². The molecule has 1 fully saturated rings. The van der Waals surface area contributed by atoms with E-state index in [0.717, 1.165) is 18.0 Å². The average molecular weight is 356 g/mol. The molecule has 0 saturated carbocycles. The van der Waals surface area contributed by atoms with Crippen LogP contribution in [0.25, 0.3) is 0 Å². The van der Waals surface area contributed by atoms with Crippen LogP contribution in [0.4, 0.5) is 19.1 Å². The summed E-state index contributed by atoms with van der Waals surface area (Å²) in [7, 11) is 0. The van der Waals surface area contributed by atoms with Crippen molar-refractivity contribution in [1.29, 1.82) is 0 Å². The van der Waals surface area contributed by atoms with Gasteiger partial charge in [0.15, 0.2) is 0 Å². The third kappa shape index (κ3) is 4.25. The lowest BCUT2D eigenvalue weighted by Crippen LogP contribution is -2.36. The van der Waals surface area contributed by atoms with Crippen LogP contribution in [-0.2, 0) is 12.6 Å². The van der Waals surface area contributed by atoms with Crippen molar-refractivity contribution >= 4 is 5.95 Å². The Balaban J connectivity index is 1.63. The Kier molecular flexibility index (Phi) is 4.89. The topological polar surface area (TPSA) is 80.0 Å². The van der Waals surface area contributed by atoms with Crippen LogP contribution in [0, 0.1) is 0 Å². The number of aliphatic hydroxyl groups is 1. The molecule has 0 aromatic carbocycles. The molecule has 1 aliphatic heterocycles. The molecule has 2 aromatic rings. The molecular formula is C15H19F3N6O. The summed E-state index contributed by atoms with van der Waals surface area (Å²) in [6, 6.07) is 0.993. The standard InChI is InChI=1S/C15H19F3N6O/c1-10(25)8-11-9-24(22-21-11)12-3-6-23(7-4-12)14-19-5-2-13(20-14)15(16,17)18/h2,5,9-10,12,25H,3-4,6-8H2,1H3/t10-/m1/s1. The predicted octanol–water partition coefficient (Wildman–Crippen LogP) is 1.85. The van der Waals surface area contributed by atoms with Crippen LogP contribution in [-0.4, -0.2) is 49.3 Å². The van der Waals surface area contributed by atoms with E-state index in [1.807, 2.05) is 6.20 Å². The first-order chi connectivity index (χ1) is 11.8. The number of aromatic nitrogens is 5. The zero-order chi connectivity index (χ0) is 18.0. The minimum Gasteiger partial charge on any atom is -0.393 e. The van der Waals surface area contributed by atoms with Crippen molar-refractivity contribution in [3.05, 3.63) is 29.8 Å². The molecule has 1 saturated heterocycles. The zero-order valence-electron chi connectivity index (χ0n) is 13.7. The number of nitrogens with zero attached hydrogens (tertiary/aromatic N) is 6. The highest BCUT2D eigenvalue weighted by Gasteiger charge is 2.33. The van der Waals surface area contributed by atoms with E-state index in [4.69, 9.17) is 0 Å². The first kappa shape index (κ1) is 17.6. The molecular weight excluding hydrogens is 337 g/mol. The Morgan fingerprint density at radius 1 is 1.32 bits per heavy atom. The van der Waals surface area contributed by atoms with Crippen molar-refractivity contribution in [2.24, 2.45) is 0 Å².